The summed E-state index contributed by atoms with van der Waals surface area (Å²) in [5.74, 6) is -1.50. The molecule has 0 saturated carbocycles. The number of carboxylic acids is 1. The lowest BCUT2D eigenvalue weighted by molar-refractivity contribution is -0.138. The topological polar surface area (TPSA) is 70.5 Å². The average molecular weight is 303 g/mol. The number of pyridine rings is 1. The molecule has 0 spiro atoms. The molecule has 3 rings (SSSR count). The fourth-order valence-electron chi connectivity index (χ4n) is 2.49. The number of aromatic nitrogens is 1. The molecular weight excluding hydrogens is 292 g/mol. The van der Waals surface area contributed by atoms with Crippen molar-refractivity contribution in [2.24, 2.45) is 0 Å². The molecule has 0 fully saturated rings. The molecule has 2 aromatic rings. The summed E-state index contributed by atoms with van der Waals surface area (Å²) in [4.78, 5) is 29.3. The number of carboxylic acid groups (broad SMARTS) is 1. The minimum atomic E-state index is -1.04. The number of nitrogens with zero attached hydrogens (tertiary/aromatic N) is 2. The van der Waals surface area contributed by atoms with Gasteiger partial charge in [-0.15, -0.1) is 0 Å². The summed E-state index contributed by atoms with van der Waals surface area (Å²) in [5, 5.41) is 9.56. The molecule has 6 heteroatoms. The van der Waals surface area contributed by atoms with Crippen LogP contribution in [-0.2, 0) is 11.2 Å². The maximum absolute atomic E-state index is 12.6. The highest BCUT2D eigenvalue weighted by molar-refractivity contribution is 6.29. The van der Waals surface area contributed by atoms with Crippen molar-refractivity contribution in [3.8, 4) is 0 Å². The molecule has 2 heterocycles. The molecule has 1 aromatic heterocycles. The Hall–Kier alpha value is -2.40. The average Bonchev–Trinajstić information content (AvgIpc) is 2.86. The minimum absolute atomic E-state index is 0.130. The highest BCUT2D eigenvalue weighted by Crippen LogP contribution is 2.33. The van der Waals surface area contributed by atoms with Crippen LogP contribution in [0.4, 0.5) is 5.69 Å². The molecule has 1 aliphatic heterocycles. The fourth-order valence-corrected chi connectivity index (χ4v) is 2.65. The smallest absolute Gasteiger partial charge is 0.327 e. The molecule has 106 valence electrons. The van der Waals surface area contributed by atoms with Crippen molar-refractivity contribution in [2.45, 2.75) is 12.5 Å². The second-order valence-corrected chi connectivity index (χ2v) is 5.09. The van der Waals surface area contributed by atoms with Crippen molar-refractivity contribution in [3.05, 3.63) is 58.9 Å². The van der Waals surface area contributed by atoms with Crippen molar-refractivity contribution in [1.82, 2.24) is 4.98 Å². The number of halogens is 1. The van der Waals surface area contributed by atoms with E-state index in [1.165, 1.54) is 11.0 Å². The van der Waals surface area contributed by atoms with E-state index < -0.39 is 17.9 Å². The maximum Gasteiger partial charge on any atom is 0.327 e. The summed E-state index contributed by atoms with van der Waals surface area (Å²) < 4.78 is 0. The number of hydrogen-bond donors (Lipinski definition) is 1. The number of anilines is 1. The normalized spacial score (nSPS) is 16.6. The Morgan fingerprint density at radius 2 is 1.95 bits per heavy atom. The van der Waals surface area contributed by atoms with Gasteiger partial charge >= 0.3 is 5.97 Å². The Morgan fingerprint density at radius 1 is 1.19 bits per heavy atom. The monoisotopic (exact) mass is 302 g/mol. The van der Waals surface area contributed by atoms with Crippen LogP contribution in [0, 0.1) is 0 Å². The van der Waals surface area contributed by atoms with E-state index in [9.17, 15) is 14.7 Å². The summed E-state index contributed by atoms with van der Waals surface area (Å²) in [7, 11) is 0. The first-order valence-electron chi connectivity index (χ1n) is 6.35. The van der Waals surface area contributed by atoms with E-state index in [0.29, 0.717) is 5.69 Å². The van der Waals surface area contributed by atoms with Gasteiger partial charge in [0.15, 0.2) is 0 Å². The molecule has 1 aromatic carbocycles. The maximum atomic E-state index is 12.6. The number of hydrogen-bond acceptors (Lipinski definition) is 3. The molecule has 0 aliphatic carbocycles. The van der Waals surface area contributed by atoms with Crippen LogP contribution in [0.5, 0.6) is 0 Å². The number of aliphatic carboxylic acids is 1. The van der Waals surface area contributed by atoms with E-state index >= 15 is 0 Å². The van der Waals surface area contributed by atoms with Gasteiger partial charge in [-0.2, -0.15) is 0 Å². The predicted octanol–water partition coefficient (Wildman–Crippen LogP) is 2.39. The standard InChI is InChI=1S/C15H11ClN2O3/c16-13-7-3-5-10(17-13)14(19)18-11-6-2-1-4-9(11)8-12(18)15(20)21/h1-7,12H,8H2,(H,20,21)/t12-/m0/s1. The lowest BCUT2D eigenvalue weighted by atomic mass is 10.1. The van der Waals surface area contributed by atoms with E-state index in [1.54, 1.807) is 24.3 Å². The zero-order valence-corrected chi connectivity index (χ0v) is 11.6. The van der Waals surface area contributed by atoms with Gasteiger partial charge in [-0.25, -0.2) is 9.78 Å². The third-order valence-electron chi connectivity index (χ3n) is 3.41. The summed E-state index contributed by atoms with van der Waals surface area (Å²) in [6, 6.07) is 10.9. The summed E-state index contributed by atoms with van der Waals surface area (Å²) >= 11 is 5.80. The molecule has 0 bridgehead atoms. The molecule has 0 radical (unpaired) electrons. The number of benzene rings is 1. The molecule has 21 heavy (non-hydrogen) atoms. The van der Waals surface area contributed by atoms with Crippen LogP contribution in [-0.4, -0.2) is 28.0 Å². The quantitative estimate of drug-likeness (QED) is 0.865. The van der Waals surface area contributed by atoms with Gasteiger partial charge in [-0.05, 0) is 23.8 Å². The summed E-state index contributed by atoms with van der Waals surface area (Å²) in [6.45, 7) is 0. The van der Waals surface area contributed by atoms with Crippen molar-refractivity contribution in [2.75, 3.05) is 4.90 Å². The van der Waals surface area contributed by atoms with E-state index in [4.69, 9.17) is 11.6 Å². The molecule has 1 N–H and O–H groups in total. The van der Waals surface area contributed by atoms with Gasteiger partial charge in [0.25, 0.3) is 5.91 Å². The lowest BCUT2D eigenvalue weighted by Gasteiger charge is -2.22. The first kappa shape index (κ1) is 13.6. The molecule has 0 unspecified atom stereocenters. The van der Waals surface area contributed by atoms with Gasteiger partial charge in [-0.3, -0.25) is 9.69 Å². The SMILES string of the molecule is O=C(O)[C@@H]1Cc2ccccc2N1C(=O)c1cccc(Cl)n1. The van der Waals surface area contributed by atoms with E-state index in [0.717, 1.165) is 5.56 Å². The van der Waals surface area contributed by atoms with Crippen LogP contribution in [0.3, 0.4) is 0 Å². The Labute approximate surface area is 125 Å². The van der Waals surface area contributed by atoms with Crippen molar-refractivity contribution in [1.29, 1.82) is 0 Å². The van der Waals surface area contributed by atoms with E-state index in [2.05, 4.69) is 4.98 Å². The second-order valence-electron chi connectivity index (χ2n) is 4.71. The first-order chi connectivity index (χ1) is 10.1. The third-order valence-corrected chi connectivity index (χ3v) is 3.62. The molecule has 1 amide bonds. The minimum Gasteiger partial charge on any atom is -0.480 e. The molecule has 1 aliphatic rings. The number of carbonyl (C=O) groups excluding carboxylic acids is 1. The highest BCUT2D eigenvalue weighted by atomic mass is 35.5. The Balaban J connectivity index is 2.05. The van der Waals surface area contributed by atoms with Gasteiger partial charge in [0.1, 0.15) is 16.9 Å². The number of fused-ring (bicyclic) bond motifs is 1. The van der Waals surface area contributed by atoms with Crippen LogP contribution < -0.4 is 4.90 Å². The van der Waals surface area contributed by atoms with E-state index in [1.807, 2.05) is 12.1 Å². The highest BCUT2D eigenvalue weighted by Gasteiger charge is 2.39. The third kappa shape index (κ3) is 2.36. The van der Waals surface area contributed by atoms with E-state index in [-0.39, 0.29) is 17.3 Å². The van der Waals surface area contributed by atoms with Crippen LogP contribution in [0.25, 0.3) is 0 Å². The first-order valence-corrected chi connectivity index (χ1v) is 6.72. The molecular formula is C15H11ClN2O3. The fraction of sp³-hybridized carbons (Fsp3) is 0.133. The van der Waals surface area contributed by atoms with Crippen LogP contribution >= 0.6 is 11.6 Å². The second kappa shape index (κ2) is 5.18. The van der Waals surface area contributed by atoms with Crippen LogP contribution in [0.15, 0.2) is 42.5 Å². The van der Waals surface area contributed by atoms with Gasteiger partial charge in [0, 0.05) is 12.1 Å². The van der Waals surface area contributed by atoms with Crippen molar-refractivity contribution < 1.29 is 14.7 Å². The van der Waals surface area contributed by atoms with Gasteiger partial charge in [0.2, 0.25) is 0 Å². The lowest BCUT2D eigenvalue weighted by Crippen LogP contribution is -2.43. The largest absolute Gasteiger partial charge is 0.480 e. The number of rotatable bonds is 2. The Kier molecular flexibility index (Phi) is 3.35. The van der Waals surface area contributed by atoms with Gasteiger partial charge < -0.3 is 5.11 Å². The van der Waals surface area contributed by atoms with Crippen molar-refractivity contribution >= 4 is 29.2 Å². The number of amides is 1. The van der Waals surface area contributed by atoms with Gasteiger partial charge in [0.05, 0.1) is 0 Å². The predicted molar refractivity (Wildman–Crippen MR) is 77.6 cm³/mol. The zero-order chi connectivity index (χ0) is 15.0. The summed E-state index contributed by atoms with van der Waals surface area (Å²) in [6.07, 6.45) is 0.289. The summed E-state index contributed by atoms with van der Waals surface area (Å²) in [5.41, 5.74) is 1.57. The number of carbonyl (C=O) groups is 2. The van der Waals surface area contributed by atoms with Crippen LogP contribution in [0.2, 0.25) is 5.15 Å². The van der Waals surface area contributed by atoms with Crippen molar-refractivity contribution in [3.63, 3.8) is 0 Å². The zero-order valence-electron chi connectivity index (χ0n) is 10.9. The molecule has 5 nitrogen and oxygen atoms in total. The molecule has 0 saturated heterocycles. The Bertz CT molecular complexity index is 732. The molecule has 1 atom stereocenters. The van der Waals surface area contributed by atoms with Gasteiger partial charge in [-0.1, -0.05) is 35.9 Å². The van der Waals surface area contributed by atoms with Crippen LogP contribution in [0.1, 0.15) is 16.1 Å². The number of para-hydroxylation sites is 1. The Morgan fingerprint density at radius 3 is 2.67 bits per heavy atom.